The van der Waals surface area contributed by atoms with E-state index in [0.29, 0.717) is 17.0 Å². The van der Waals surface area contributed by atoms with Gasteiger partial charge in [0.2, 0.25) is 5.91 Å². The Hall–Kier alpha value is -2.56. The molecular weight excluding hydrogens is 268 g/mol. The van der Waals surface area contributed by atoms with Crippen LogP contribution in [0.3, 0.4) is 0 Å². The number of oxime groups is 1. The molecule has 0 aliphatic carbocycles. The maximum absolute atomic E-state index is 11.1. The van der Waals surface area contributed by atoms with Crippen molar-refractivity contribution in [2.75, 3.05) is 6.61 Å². The zero-order valence-electron chi connectivity index (χ0n) is 12.0. The first kappa shape index (κ1) is 14.8. The fraction of sp³-hybridized carbons (Fsp3) is 0.250. The third kappa shape index (κ3) is 3.13. The van der Waals surface area contributed by atoms with E-state index in [2.05, 4.69) is 5.16 Å². The highest BCUT2D eigenvalue weighted by Crippen LogP contribution is 2.30. The minimum atomic E-state index is -0.413. The predicted octanol–water partition coefficient (Wildman–Crippen LogP) is 2.54. The van der Waals surface area contributed by atoms with Crippen LogP contribution in [0.5, 0.6) is 5.75 Å². The van der Waals surface area contributed by atoms with Gasteiger partial charge in [-0.1, -0.05) is 42.4 Å². The molecule has 0 aliphatic heterocycles. The fourth-order valence-corrected chi connectivity index (χ4v) is 2.03. The SMILES string of the molecule is C/C(=N\O)c1ccc2ccccc2c1OCC(C)C(N)=O. The van der Waals surface area contributed by atoms with Crippen molar-refractivity contribution in [3.05, 3.63) is 42.0 Å². The third-order valence-corrected chi connectivity index (χ3v) is 3.38. The number of primary amides is 1. The molecule has 0 aliphatic rings. The van der Waals surface area contributed by atoms with Gasteiger partial charge in [-0.3, -0.25) is 4.79 Å². The number of nitrogens with zero attached hydrogens (tertiary/aromatic N) is 1. The molecule has 1 unspecified atom stereocenters. The molecule has 0 spiro atoms. The molecule has 2 aromatic carbocycles. The standard InChI is InChI=1S/C16H18N2O3/c1-10(16(17)19)9-21-15-13(11(2)18-20)8-7-12-5-3-4-6-14(12)15/h3-8,10,20H,9H2,1-2H3,(H2,17,19)/b18-11+. The van der Waals surface area contributed by atoms with Crippen LogP contribution in [0.2, 0.25) is 0 Å². The van der Waals surface area contributed by atoms with E-state index in [9.17, 15) is 4.79 Å². The second-order valence-electron chi connectivity index (χ2n) is 4.96. The average molecular weight is 286 g/mol. The molecule has 0 heterocycles. The highest BCUT2D eigenvalue weighted by molar-refractivity contribution is 6.06. The number of ether oxygens (including phenoxy) is 1. The zero-order chi connectivity index (χ0) is 15.4. The van der Waals surface area contributed by atoms with Crippen LogP contribution in [0.1, 0.15) is 19.4 Å². The minimum Gasteiger partial charge on any atom is -0.491 e. The van der Waals surface area contributed by atoms with Crippen molar-refractivity contribution in [3.8, 4) is 5.75 Å². The van der Waals surface area contributed by atoms with E-state index in [0.717, 1.165) is 10.8 Å². The summed E-state index contributed by atoms with van der Waals surface area (Å²) >= 11 is 0. The van der Waals surface area contributed by atoms with Gasteiger partial charge in [0, 0.05) is 10.9 Å². The first-order valence-electron chi connectivity index (χ1n) is 6.67. The fourth-order valence-electron chi connectivity index (χ4n) is 2.03. The summed E-state index contributed by atoms with van der Waals surface area (Å²) < 4.78 is 5.80. The van der Waals surface area contributed by atoms with E-state index in [4.69, 9.17) is 15.7 Å². The topological polar surface area (TPSA) is 84.9 Å². The van der Waals surface area contributed by atoms with Gasteiger partial charge in [-0.2, -0.15) is 0 Å². The van der Waals surface area contributed by atoms with Crippen LogP contribution in [-0.4, -0.2) is 23.4 Å². The minimum absolute atomic E-state index is 0.176. The van der Waals surface area contributed by atoms with Gasteiger partial charge in [-0.15, -0.1) is 0 Å². The highest BCUT2D eigenvalue weighted by Gasteiger charge is 2.15. The lowest BCUT2D eigenvalue weighted by Crippen LogP contribution is -2.26. The summed E-state index contributed by atoms with van der Waals surface area (Å²) in [6, 6.07) is 11.5. The molecule has 0 fully saturated rings. The smallest absolute Gasteiger partial charge is 0.223 e. The number of carbonyl (C=O) groups is 1. The molecule has 5 nitrogen and oxygen atoms in total. The van der Waals surface area contributed by atoms with Crippen molar-refractivity contribution in [1.29, 1.82) is 0 Å². The summed E-state index contributed by atoms with van der Waals surface area (Å²) in [6.45, 7) is 3.57. The maximum Gasteiger partial charge on any atom is 0.223 e. The van der Waals surface area contributed by atoms with E-state index in [1.807, 2.05) is 36.4 Å². The molecule has 2 rings (SSSR count). The molecule has 0 saturated heterocycles. The second-order valence-corrected chi connectivity index (χ2v) is 4.96. The molecule has 110 valence electrons. The van der Waals surface area contributed by atoms with E-state index >= 15 is 0 Å². The molecule has 1 atom stereocenters. The summed E-state index contributed by atoms with van der Waals surface area (Å²) in [5, 5.41) is 14.1. The molecule has 1 amide bonds. The Balaban J connectivity index is 2.48. The maximum atomic E-state index is 11.1. The number of nitrogens with two attached hydrogens (primary N) is 1. The van der Waals surface area contributed by atoms with Crippen LogP contribution >= 0.6 is 0 Å². The number of hydrogen-bond acceptors (Lipinski definition) is 4. The first-order valence-corrected chi connectivity index (χ1v) is 6.67. The molecule has 3 N–H and O–H groups in total. The van der Waals surface area contributed by atoms with Crippen molar-refractivity contribution in [2.45, 2.75) is 13.8 Å². The van der Waals surface area contributed by atoms with Crippen LogP contribution in [0.4, 0.5) is 0 Å². The van der Waals surface area contributed by atoms with Crippen molar-refractivity contribution >= 4 is 22.4 Å². The highest BCUT2D eigenvalue weighted by atomic mass is 16.5. The van der Waals surface area contributed by atoms with Gasteiger partial charge in [-0.05, 0) is 18.4 Å². The first-order chi connectivity index (χ1) is 10.0. The van der Waals surface area contributed by atoms with E-state index in [-0.39, 0.29) is 6.61 Å². The number of amides is 1. The van der Waals surface area contributed by atoms with E-state index < -0.39 is 11.8 Å². The second kappa shape index (κ2) is 6.26. The molecule has 21 heavy (non-hydrogen) atoms. The zero-order valence-corrected chi connectivity index (χ0v) is 12.0. The van der Waals surface area contributed by atoms with Crippen molar-refractivity contribution in [1.82, 2.24) is 0 Å². The summed E-state index contributed by atoms with van der Waals surface area (Å²) in [6.07, 6.45) is 0. The van der Waals surface area contributed by atoms with E-state index in [1.165, 1.54) is 0 Å². The van der Waals surface area contributed by atoms with Gasteiger partial charge in [0.05, 0.1) is 18.2 Å². The number of fused-ring (bicyclic) bond motifs is 1. The average Bonchev–Trinajstić information content (AvgIpc) is 2.51. The van der Waals surface area contributed by atoms with Crippen LogP contribution in [-0.2, 0) is 4.79 Å². The van der Waals surface area contributed by atoms with Gasteiger partial charge in [-0.25, -0.2) is 0 Å². The van der Waals surface area contributed by atoms with Crippen molar-refractivity contribution in [3.63, 3.8) is 0 Å². The Morgan fingerprint density at radius 3 is 2.71 bits per heavy atom. The predicted molar refractivity (Wildman–Crippen MR) is 81.8 cm³/mol. The molecule has 5 heteroatoms. The number of carbonyl (C=O) groups excluding carboxylic acids is 1. The monoisotopic (exact) mass is 286 g/mol. The Morgan fingerprint density at radius 1 is 1.33 bits per heavy atom. The van der Waals surface area contributed by atoms with Crippen LogP contribution < -0.4 is 10.5 Å². The lowest BCUT2D eigenvalue weighted by Gasteiger charge is -2.16. The third-order valence-electron chi connectivity index (χ3n) is 3.38. The summed E-state index contributed by atoms with van der Waals surface area (Å²) in [7, 11) is 0. The Kier molecular flexibility index (Phi) is 4.42. The number of benzene rings is 2. The van der Waals surface area contributed by atoms with Gasteiger partial charge in [0.25, 0.3) is 0 Å². The van der Waals surface area contributed by atoms with Gasteiger partial charge < -0.3 is 15.7 Å². The lowest BCUT2D eigenvalue weighted by atomic mass is 10.0. The normalized spacial score (nSPS) is 13.1. The summed E-state index contributed by atoms with van der Waals surface area (Å²) in [5.41, 5.74) is 6.39. The largest absolute Gasteiger partial charge is 0.491 e. The van der Waals surface area contributed by atoms with Gasteiger partial charge in [0.15, 0.2) is 0 Å². The van der Waals surface area contributed by atoms with Crippen molar-refractivity contribution < 1.29 is 14.7 Å². The van der Waals surface area contributed by atoms with Crippen molar-refractivity contribution in [2.24, 2.45) is 16.8 Å². The summed E-state index contributed by atoms with van der Waals surface area (Å²) in [4.78, 5) is 11.1. The number of rotatable bonds is 5. The lowest BCUT2D eigenvalue weighted by molar-refractivity contribution is -0.122. The molecular formula is C16H18N2O3. The molecule has 0 aromatic heterocycles. The van der Waals surface area contributed by atoms with Crippen LogP contribution in [0.15, 0.2) is 41.6 Å². The Labute approximate surface area is 123 Å². The van der Waals surface area contributed by atoms with Crippen LogP contribution in [0.25, 0.3) is 10.8 Å². The molecule has 0 radical (unpaired) electrons. The quantitative estimate of drug-likeness (QED) is 0.503. The molecule has 0 bridgehead atoms. The van der Waals surface area contributed by atoms with Gasteiger partial charge >= 0.3 is 0 Å². The molecule has 0 saturated carbocycles. The Bertz CT molecular complexity index is 695. The summed E-state index contributed by atoms with van der Waals surface area (Å²) in [5.74, 6) is -0.218. The van der Waals surface area contributed by atoms with Crippen LogP contribution in [0, 0.1) is 5.92 Å². The Morgan fingerprint density at radius 2 is 2.05 bits per heavy atom. The van der Waals surface area contributed by atoms with Gasteiger partial charge in [0.1, 0.15) is 5.75 Å². The van der Waals surface area contributed by atoms with E-state index in [1.54, 1.807) is 13.8 Å². The molecule has 2 aromatic rings. The number of hydrogen-bond donors (Lipinski definition) is 2.